The van der Waals surface area contributed by atoms with E-state index in [9.17, 15) is 0 Å². The number of thioether (sulfide) groups is 2. The Morgan fingerprint density at radius 2 is 2.26 bits per heavy atom. The number of nitrogens with zero attached hydrogens (tertiary/aromatic N) is 2. The van der Waals surface area contributed by atoms with Gasteiger partial charge >= 0.3 is 0 Å². The fraction of sp³-hybridized carbons (Fsp3) is 0.385. The lowest BCUT2D eigenvalue weighted by atomic mass is 10.1. The molecular weight excluding hydrogens is 278 g/mol. The number of nitrogen functional groups attached to an aromatic ring is 1. The zero-order valence-electron chi connectivity index (χ0n) is 10.6. The summed E-state index contributed by atoms with van der Waals surface area (Å²) in [6.45, 7) is 2.00. The minimum absolute atomic E-state index is 0.335. The van der Waals surface area contributed by atoms with E-state index in [1.807, 2.05) is 48.6 Å². The van der Waals surface area contributed by atoms with E-state index < -0.39 is 0 Å². The Bertz CT molecular complexity index is 559. The number of hydrogen-bond donors (Lipinski definition) is 1. The summed E-state index contributed by atoms with van der Waals surface area (Å²) in [5, 5.41) is 4.46. The van der Waals surface area contributed by atoms with Gasteiger partial charge in [-0.25, -0.2) is 0 Å². The van der Waals surface area contributed by atoms with Gasteiger partial charge in [-0.3, -0.25) is 0 Å². The molecule has 6 heteroatoms. The van der Waals surface area contributed by atoms with Gasteiger partial charge in [-0.15, -0.1) is 11.8 Å². The van der Waals surface area contributed by atoms with E-state index in [-0.39, 0.29) is 0 Å². The highest BCUT2D eigenvalue weighted by Crippen LogP contribution is 2.36. The minimum Gasteiger partial charge on any atom is -0.398 e. The third-order valence-electron chi connectivity index (χ3n) is 3.06. The molecule has 1 fully saturated rings. The van der Waals surface area contributed by atoms with Crippen LogP contribution in [0.2, 0.25) is 0 Å². The molecule has 1 aliphatic heterocycles. The second kappa shape index (κ2) is 5.46. The molecule has 0 amide bonds. The van der Waals surface area contributed by atoms with Crippen molar-refractivity contribution in [1.82, 2.24) is 10.1 Å². The number of rotatable bonds is 2. The lowest BCUT2D eigenvalue weighted by Gasteiger charge is -2.17. The molecule has 0 aliphatic carbocycles. The van der Waals surface area contributed by atoms with Gasteiger partial charge in [0.25, 0.3) is 5.89 Å². The van der Waals surface area contributed by atoms with Crippen molar-refractivity contribution in [3.63, 3.8) is 0 Å². The van der Waals surface area contributed by atoms with Crippen LogP contribution in [0, 0.1) is 6.92 Å². The number of hydrogen-bond acceptors (Lipinski definition) is 6. The second-order valence-corrected chi connectivity index (χ2v) is 6.89. The molecular formula is C13H15N3OS2. The molecule has 0 saturated carbocycles. The molecule has 4 nitrogen and oxygen atoms in total. The highest BCUT2D eigenvalue weighted by molar-refractivity contribution is 8.06. The molecule has 0 spiro atoms. The molecule has 1 saturated heterocycles. The van der Waals surface area contributed by atoms with Gasteiger partial charge < -0.3 is 10.3 Å². The Kier molecular flexibility index (Phi) is 3.70. The number of anilines is 1. The molecule has 1 unspecified atom stereocenters. The number of aromatic nitrogens is 2. The molecule has 1 aromatic heterocycles. The van der Waals surface area contributed by atoms with Crippen LogP contribution in [0.1, 0.15) is 16.6 Å². The van der Waals surface area contributed by atoms with Crippen LogP contribution < -0.4 is 5.73 Å². The van der Waals surface area contributed by atoms with Gasteiger partial charge in [0.05, 0.1) is 10.8 Å². The van der Waals surface area contributed by atoms with Crippen molar-refractivity contribution in [3.05, 3.63) is 29.6 Å². The van der Waals surface area contributed by atoms with Gasteiger partial charge in [0, 0.05) is 22.9 Å². The van der Waals surface area contributed by atoms with E-state index in [0.717, 1.165) is 28.5 Å². The van der Waals surface area contributed by atoms with Crippen LogP contribution in [0.15, 0.2) is 22.7 Å². The maximum Gasteiger partial charge on any atom is 0.260 e. The number of aryl methyl sites for hydroxylation is 1. The van der Waals surface area contributed by atoms with E-state index >= 15 is 0 Å². The summed E-state index contributed by atoms with van der Waals surface area (Å²) in [7, 11) is 0. The zero-order valence-corrected chi connectivity index (χ0v) is 12.3. The van der Waals surface area contributed by atoms with Crippen LogP contribution in [0.5, 0.6) is 0 Å². The van der Waals surface area contributed by atoms with Crippen LogP contribution in [-0.4, -0.2) is 27.4 Å². The highest BCUT2D eigenvalue weighted by atomic mass is 32.2. The summed E-state index contributed by atoms with van der Waals surface area (Å²) in [5.74, 6) is 4.71. The highest BCUT2D eigenvalue weighted by Gasteiger charge is 2.23. The van der Waals surface area contributed by atoms with Crippen molar-refractivity contribution < 1.29 is 4.52 Å². The van der Waals surface area contributed by atoms with E-state index in [0.29, 0.717) is 16.8 Å². The molecule has 1 aromatic carbocycles. The van der Waals surface area contributed by atoms with Crippen LogP contribution in [0.4, 0.5) is 5.69 Å². The lowest BCUT2D eigenvalue weighted by molar-refractivity contribution is 0.423. The van der Waals surface area contributed by atoms with E-state index in [2.05, 4.69) is 10.1 Å². The Balaban J connectivity index is 1.92. The quantitative estimate of drug-likeness (QED) is 0.858. The van der Waals surface area contributed by atoms with Gasteiger partial charge in [-0.1, -0.05) is 17.3 Å². The molecule has 2 N–H and O–H groups in total. The monoisotopic (exact) mass is 293 g/mol. The minimum atomic E-state index is 0.335. The van der Waals surface area contributed by atoms with Gasteiger partial charge in [0.1, 0.15) is 0 Å². The summed E-state index contributed by atoms with van der Waals surface area (Å²) in [4.78, 5) is 4.53. The van der Waals surface area contributed by atoms with Gasteiger partial charge in [-0.05, 0) is 18.6 Å². The Morgan fingerprint density at radius 1 is 1.37 bits per heavy atom. The first-order valence-electron chi connectivity index (χ1n) is 6.14. The van der Waals surface area contributed by atoms with Gasteiger partial charge in [0.15, 0.2) is 5.82 Å². The van der Waals surface area contributed by atoms with Crippen LogP contribution in [0.3, 0.4) is 0 Å². The molecule has 3 rings (SSSR count). The predicted molar refractivity (Wildman–Crippen MR) is 81.4 cm³/mol. The molecule has 1 aliphatic rings. The van der Waals surface area contributed by atoms with Gasteiger partial charge in [-0.2, -0.15) is 16.7 Å². The van der Waals surface area contributed by atoms with Crippen molar-refractivity contribution in [2.24, 2.45) is 0 Å². The summed E-state index contributed by atoms with van der Waals surface area (Å²) >= 11 is 3.84. The first-order valence-corrected chi connectivity index (χ1v) is 8.34. The zero-order chi connectivity index (χ0) is 13.2. The molecule has 2 aromatic rings. The molecule has 2 heterocycles. The Hall–Kier alpha value is -1.14. The standard InChI is InChI=1S/C13H15N3OS2/c1-8-3-2-4-9(14)11(8)13-15-12(16-17-13)10-7-18-5-6-19-10/h2-4,10H,5-7,14H2,1H3. The normalized spacial score (nSPS) is 19.5. The van der Waals surface area contributed by atoms with Gasteiger partial charge in [0.2, 0.25) is 0 Å². The largest absolute Gasteiger partial charge is 0.398 e. The second-order valence-electron chi connectivity index (χ2n) is 4.43. The fourth-order valence-corrected chi connectivity index (χ4v) is 4.68. The number of benzene rings is 1. The third kappa shape index (κ3) is 2.60. The van der Waals surface area contributed by atoms with Crippen molar-refractivity contribution in [1.29, 1.82) is 0 Å². The van der Waals surface area contributed by atoms with E-state index in [1.54, 1.807) is 0 Å². The average Bonchev–Trinajstić information content (AvgIpc) is 2.89. The summed E-state index contributed by atoms with van der Waals surface area (Å²) in [5.41, 5.74) is 8.60. The molecule has 0 radical (unpaired) electrons. The van der Waals surface area contributed by atoms with Crippen LogP contribution >= 0.6 is 23.5 Å². The first kappa shape index (κ1) is 12.9. The fourth-order valence-electron chi connectivity index (χ4n) is 2.09. The Morgan fingerprint density at radius 3 is 3.00 bits per heavy atom. The van der Waals surface area contributed by atoms with Crippen LogP contribution in [-0.2, 0) is 0 Å². The topological polar surface area (TPSA) is 64.9 Å². The first-order chi connectivity index (χ1) is 9.25. The Labute approximate surface area is 120 Å². The average molecular weight is 293 g/mol. The predicted octanol–water partition coefficient (Wildman–Crippen LogP) is 3.15. The number of nitrogens with two attached hydrogens (primary N) is 1. The third-order valence-corrected chi connectivity index (χ3v) is 5.82. The molecule has 19 heavy (non-hydrogen) atoms. The summed E-state index contributed by atoms with van der Waals surface area (Å²) in [6, 6.07) is 5.79. The van der Waals surface area contributed by atoms with Crippen molar-refractivity contribution in [3.8, 4) is 11.5 Å². The molecule has 100 valence electrons. The molecule has 1 atom stereocenters. The van der Waals surface area contributed by atoms with E-state index in [1.165, 1.54) is 5.75 Å². The van der Waals surface area contributed by atoms with E-state index in [4.69, 9.17) is 10.3 Å². The van der Waals surface area contributed by atoms with Crippen molar-refractivity contribution in [2.75, 3.05) is 23.0 Å². The molecule has 0 bridgehead atoms. The lowest BCUT2D eigenvalue weighted by Crippen LogP contribution is -2.07. The maximum absolute atomic E-state index is 6.00. The van der Waals surface area contributed by atoms with Crippen LogP contribution in [0.25, 0.3) is 11.5 Å². The van der Waals surface area contributed by atoms with Crippen molar-refractivity contribution >= 4 is 29.2 Å². The summed E-state index contributed by atoms with van der Waals surface area (Å²) < 4.78 is 5.40. The summed E-state index contributed by atoms with van der Waals surface area (Å²) in [6.07, 6.45) is 0. The smallest absolute Gasteiger partial charge is 0.260 e. The van der Waals surface area contributed by atoms with Crippen molar-refractivity contribution in [2.45, 2.75) is 12.2 Å². The maximum atomic E-state index is 6.00. The SMILES string of the molecule is Cc1cccc(N)c1-c1nc(C2CSCCS2)no1.